The Hall–Kier alpha value is -5.10. The zero-order valence-corrected chi connectivity index (χ0v) is 21.5. The van der Waals surface area contributed by atoms with Gasteiger partial charge in [-0.25, -0.2) is 8.78 Å². The van der Waals surface area contributed by atoms with E-state index in [1.165, 1.54) is 12.1 Å². The highest BCUT2D eigenvalue weighted by Gasteiger charge is 2.42. The summed E-state index contributed by atoms with van der Waals surface area (Å²) in [6.07, 6.45) is 0. The molecule has 4 nitrogen and oxygen atoms in total. The first kappa shape index (κ1) is 25.2. The van der Waals surface area contributed by atoms with Crippen LogP contribution in [0.5, 0.6) is 0 Å². The van der Waals surface area contributed by atoms with Gasteiger partial charge in [-0.05, 0) is 61.4 Å². The summed E-state index contributed by atoms with van der Waals surface area (Å²) in [5.41, 5.74) is 1.29. The number of allylic oxidation sites excluding steroid dienone is 4. The van der Waals surface area contributed by atoms with Gasteiger partial charge in [0.15, 0.2) is 23.1 Å². The van der Waals surface area contributed by atoms with Gasteiger partial charge in [0.2, 0.25) is 0 Å². The van der Waals surface area contributed by atoms with Gasteiger partial charge in [0.05, 0.1) is 0 Å². The Labute approximate surface area is 228 Å². The summed E-state index contributed by atoms with van der Waals surface area (Å²) in [7, 11) is 0. The Morgan fingerprint density at radius 2 is 0.725 bits per heavy atom. The Balaban J connectivity index is 1.76. The summed E-state index contributed by atoms with van der Waals surface area (Å²) >= 11 is 0. The highest BCUT2D eigenvalue weighted by molar-refractivity contribution is 6.49. The third-order valence-electron chi connectivity index (χ3n) is 7.28. The second kappa shape index (κ2) is 9.27. The lowest BCUT2D eigenvalue weighted by Crippen LogP contribution is -2.29. The van der Waals surface area contributed by atoms with Crippen molar-refractivity contribution < 1.29 is 28.0 Å². The van der Waals surface area contributed by atoms with Crippen LogP contribution in [0.2, 0.25) is 0 Å². The minimum atomic E-state index is -0.773. The van der Waals surface area contributed by atoms with Crippen LogP contribution in [-0.2, 0) is 0 Å². The van der Waals surface area contributed by atoms with Crippen molar-refractivity contribution in [2.75, 3.05) is 0 Å². The van der Waals surface area contributed by atoms with Gasteiger partial charge < -0.3 is 0 Å². The lowest BCUT2D eigenvalue weighted by Gasteiger charge is -2.27. The van der Waals surface area contributed by atoms with Crippen molar-refractivity contribution in [1.82, 2.24) is 0 Å². The van der Waals surface area contributed by atoms with Crippen LogP contribution in [0, 0.1) is 25.5 Å². The molecule has 0 unspecified atom stereocenters. The van der Waals surface area contributed by atoms with Crippen molar-refractivity contribution in [3.63, 3.8) is 0 Å². The summed E-state index contributed by atoms with van der Waals surface area (Å²) in [5.74, 6) is -4.19. The zero-order valence-electron chi connectivity index (χ0n) is 21.5. The minimum Gasteiger partial charge on any atom is -0.289 e. The zero-order chi connectivity index (χ0) is 28.3. The first-order chi connectivity index (χ1) is 19.2. The first-order valence-corrected chi connectivity index (χ1v) is 12.6. The summed E-state index contributed by atoms with van der Waals surface area (Å²) in [4.78, 5) is 56.3. The Kier molecular flexibility index (Phi) is 5.84. The van der Waals surface area contributed by atoms with Crippen LogP contribution in [0.4, 0.5) is 8.78 Å². The maximum absolute atomic E-state index is 14.3. The van der Waals surface area contributed by atoms with Crippen molar-refractivity contribution in [3.8, 4) is 0 Å². The number of carbonyl (C=O) groups is 4. The van der Waals surface area contributed by atoms with Crippen LogP contribution in [0.25, 0.3) is 11.1 Å². The first-order valence-electron chi connectivity index (χ1n) is 12.6. The molecule has 0 aliphatic heterocycles. The third-order valence-corrected chi connectivity index (χ3v) is 7.28. The quantitative estimate of drug-likeness (QED) is 0.288. The topological polar surface area (TPSA) is 68.3 Å². The molecule has 4 aromatic rings. The molecule has 0 radical (unpaired) electrons. The molecule has 2 aliphatic rings. The number of fused-ring (bicyclic) bond motifs is 2. The van der Waals surface area contributed by atoms with Crippen LogP contribution in [0.3, 0.4) is 0 Å². The van der Waals surface area contributed by atoms with E-state index >= 15 is 0 Å². The van der Waals surface area contributed by atoms with Crippen molar-refractivity contribution >= 4 is 34.3 Å². The standard InChI is InChI=1S/C34H20F2O4/c1-17-3-7-19(8-4-17)27-29(33(39)25-15-21(35)11-13-23(25)31(27)37)30-28(20-9-5-18(2)6-10-20)32(38)24-14-12-22(36)16-26(24)34(30)40/h3-16H,1-2H3. The summed E-state index contributed by atoms with van der Waals surface area (Å²) < 4.78 is 28.7. The van der Waals surface area contributed by atoms with Gasteiger partial charge in [0.25, 0.3) is 0 Å². The monoisotopic (exact) mass is 530 g/mol. The van der Waals surface area contributed by atoms with Crippen LogP contribution in [0.15, 0.2) is 96.1 Å². The largest absolute Gasteiger partial charge is 0.289 e. The molecule has 0 N–H and O–H groups in total. The highest BCUT2D eigenvalue weighted by atomic mass is 19.1. The molecular formula is C34H20F2O4. The van der Waals surface area contributed by atoms with E-state index in [0.717, 1.165) is 35.4 Å². The molecule has 40 heavy (non-hydrogen) atoms. The molecule has 0 amide bonds. The smallest absolute Gasteiger partial charge is 0.195 e. The third kappa shape index (κ3) is 3.88. The predicted molar refractivity (Wildman–Crippen MR) is 146 cm³/mol. The van der Waals surface area contributed by atoms with Crippen LogP contribution in [0.1, 0.15) is 63.7 Å². The molecule has 0 saturated heterocycles. The van der Waals surface area contributed by atoms with E-state index in [1.54, 1.807) is 48.5 Å². The number of halogens is 2. The second-order valence-electron chi connectivity index (χ2n) is 9.93. The molecule has 0 atom stereocenters. The number of aryl methyl sites for hydroxylation is 2. The summed E-state index contributed by atoms with van der Waals surface area (Å²) in [6.45, 7) is 3.72. The van der Waals surface area contributed by atoms with E-state index in [4.69, 9.17) is 0 Å². The van der Waals surface area contributed by atoms with E-state index in [9.17, 15) is 28.0 Å². The molecule has 0 aromatic heterocycles. The van der Waals surface area contributed by atoms with Crippen LogP contribution >= 0.6 is 0 Å². The predicted octanol–water partition coefficient (Wildman–Crippen LogP) is 6.95. The normalized spacial score (nSPS) is 15.0. The van der Waals surface area contributed by atoms with Gasteiger partial charge in [-0.1, -0.05) is 59.7 Å². The lowest BCUT2D eigenvalue weighted by atomic mass is 9.71. The van der Waals surface area contributed by atoms with E-state index in [1.807, 2.05) is 13.8 Å². The molecule has 6 rings (SSSR count). The Morgan fingerprint density at radius 3 is 1.07 bits per heavy atom. The fourth-order valence-electron chi connectivity index (χ4n) is 5.27. The lowest BCUT2D eigenvalue weighted by molar-refractivity contribution is 0.0969. The van der Waals surface area contributed by atoms with Crippen molar-refractivity contribution in [2.24, 2.45) is 0 Å². The van der Waals surface area contributed by atoms with Crippen molar-refractivity contribution in [3.05, 3.63) is 152 Å². The number of hydrogen-bond acceptors (Lipinski definition) is 4. The van der Waals surface area contributed by atoms with Crippen molar-refractivity contribution in [2.45, 2.75) is 13.8 Å². The summed E-state index contributed by atoms with van der Waals surface area (Å²) in [6, 6.07) is 20.2. The number of hydrogen-bond donors (Lipinski definition) is 0. The fourth-order valence-corrected chi connectivity index (χ4v) is 5.27. The number of rotatable bonds is 3. The van der Waals surface area contributed by atoms with Crippen LogP contribution < -0.4 is 0 Å². The molecule has 0 saturated carbocycles. The Morgan fingerprint density at radius 1 is 0.400 bits per heavy atom. The number of benzene rings is 4. The SMILES string of the molecule is Cc1ccc(C2=C(C3=C(c4ccc(C)cc4)C(=O)c4ccc(F)cc4C3=O)C(=O)c3cc(F)ccc3C2=O)cc1. The molecule has 2 aliphatic carbocycles. The van der Waals surface area contributed by atoms with Gasteiger partial charge in [0, 0.05) is 44.5 Å². The van der Waals surface area contributed by atoms with Crippen LogP contribution in [-0.4, -0.2) is 23.1 Å². The molecule has 4 aromatic carbocycles. The highest BCUT2D eigenvalue weighted by Crippen LogP contribution is 2.43. The van der Waals surface area contributed by atoms with Gasteiger partial charge in [-0.2, -0.15) is 0 Å². The molecule has 0 heterocycles. The van der Waals surface area contributed by atoms with Gasteiger partial charge in [-0.15, -0.1) is 0 Å². The molecule has 194 valence electrons. The molecule has 0 spiro atoms. The summed E-state index contributed by atoms with van der Waals surface area (Å²) in [5, 5.41) is 0. The van der Waals surface area contributed by atoms with E-state index in [2.05, 4.69) is 0 Å². The van der Waals surface area contributed by atoms with E-state index in [-0.39, 0.29) is 44.5 Å². The second-order valence-corrected chi connectivity index (χ2v) is 9.93. The average Bonchev–Trinajstić information content (AvgIpc) is 2.94. The fraction of sp³-hybridized carbons (Fsp3) is 0.0588. The van der Waals surface area contributed by atoms with Gasteiger partial charge in [-0.3, -0.25) is 19.2 Å². The number of Topliss-reactive ketones (excluding diaryl/α,β-unsaturated/α-hetero) is 4. The molecule has 6 heteroatoms. The van der Waals surface area contributed by atoms with E-state index < -0.39 is 34.8 Å². The van der Waals surface area contributed by atoms with Gasteiger partial charge in [0.1, 0.15) is 11.6 Å². The average molecular weight is 531 g/mol. The molecular weight excluding hydrogens is 510 g/mol. The minimum absolute atomic E-state index is 0.00996. The Bertz CT molecular complexity index is 1740. The molecule has 0 fully saturated rings. The number of carbonyl (C=O) groups excluding carboxylic acids is 4. The maximum atomic E-state index is 14.3. The molecule has 0 bridgehead atoms. The number of ketones is 4. The van der Waals surface area contributed by atoms with Crippen molar-refractivity contribution in [1.29, 1.82) is 0 Å². The van der Waals surface area contributed by atoms with E-state index in [0.29, 0.717) is 11.1 Å². The maximum Gasteiger partial charge on any atom is 0.195 e. The van der Waals surface area contributed by atoms with Gasteiger partial charge >= 0.3 is 0 Å².